The Balaban J connectivity index is 1.72. The molecule has 122 valence electrons. The zero-order valence-corrected chi connectivity index (χ0v) is 14.8. The van der Waals surface area contributed by atoms with E-state index < -0.39 is 0 Å². The van der Waals surface area contributed by atoms with Gasteiger partial charge in [0.1, 0.15) is 0 Å². The van der Waals surface area contributed by atoms with E-state index in [4.69, 9.17) is 4.74 Å². The molecular formula is C19H35NO. The van der Waals surface area contributed by atoms with E-state index in [1.54, 1.807) is 0 Å². The summed E-state index contributed by atoms with van der Waals surface area (Å²) in [6.45, 7) is 13.1. The second-order valence-corrected chi connectivity index (χ2v) is 8.94. The van der Waals surface area contributed by atoms with Gasteiger partial charge in [0.05, 0.1) is 5.60 Å². The van der Waals surface area contributed by atoms with Gasteiger partial charge in [-0.25, -0.2) is 0 Å². The van der Waals surface area contributed by atoms with Crippen molar-refractivity contribution < 1.29 is 4.74 Å². The Kier molecular flexibility index (Phi) is 3.94. The third-order valence-corrected chi connectivity index (χ3v) is 7.45. The topological polar surface area (TPSA) is 21.3 Å². The number of nitrogens with one attached hydrogen (secondary N) is 1. The zero-order chi connectivity index (χ0) is 15.3. The third kappa shape index (κ3) is 2.47. The van der Waals surface area contributed by atoms with Gasteiger partial charge < -0.3 is 10.1 Å². The minimum Gasteiger partial charge on any atom is -0.375 e. The third-order valence-electron chi connectivity index (χ3n) is 7.45. The van der Waals surface area contributed by atoms with Gasteiger partial charge in [-0.05, 0) is 61.7 Å². The number of ether oxygens (including phenoxy) is 1. The Hall–Kier alpha value is -0.0800. The van der Waals surface area contributed by atoms with Crippen LogP contribution in [-0.2, 0) is 4.74 Å². The average molecular weight is 293 g/mol. The van der Waals surface area contributed by atoms with E-state index in [0.29, 0.717) is 22.9 Å². The van der Waals surface area contributed by atoms with Crippen LogP contribution in [0.5, 0.6) is 0 Å². The van der Waals surface area contributed by atoms with E-state index in [-0.39, 0.29) is 5.60 Å². The van der Waals surface area contributed by atoms with Crippen LogP contribution in [0.2, 0.25) is 0 Å². The second-order valence-electron chi connectivity index (χ2n) is 8.94. The molecule has 0 amide bonds. The molecule has 1 saturated heterocycles. The molecule has 2 nitrogen and oxygen atoms in total. The zero-order valence-electron chi connectivity index (χ0n) is 14.8. The van der Waals surface area contributed by atoms with Crippen LogP contribution in [0.4, 0.5) is 0 Å². The van der Waals surface area contributed by atoms with Gasteiger partial charge in [-0.1, -0.05) is 34.6 Å². The maximum atomic E-state index is 6.16. The molecule has 0 aromatic rings. The summed E-state index contributed by atoms with van der Waals surface area (Å²) in [5.74, 6) is 0.932. The quantitative estimate of drug-likeness (QED) is 0.822. The van der Waals surface area contributed by atoms with Crippen LogP contribution in [0.3, 0.4) is 0 Å². The number of fused-ring (bicyclic) bond motifs is 2. The maximum Gasteiger partial charge on any atom is 0.0692 e. The lowest BCUT2D eigenvalue weighted by atomic mass is 9.68. The molecule has 4 unspecified atom stereocenters. The van der Waals surface area contributed by atoms with Crippen LogP contribution in [0.15, 0.2) is 0 Å². The molecule has 1 heterocycles. The van der Waals surface area contributed by atoms with Crippen LogP contribution in [0.1, 0.15) is 79.6 Å². The van der Waals surface area contributed by atoms with Gasteiger partial charge in [0, 0.05) is 18.7 Å². The molecule has 2 aliphatic carbocycles. The predicted molar refractivity (Wildman–Crippen MR) is 88.4 cm³/mol. The first-order valence-electron chi connectivity index (χ1n) is 9.25. The molecule has 3 fully saturated rings. The summed E-state index contributed by atoms with van der Waals surface area (Å²) in [6, 6.07) is 1.34. The molecule has 0 aromatic heterocycles. The lowest BCUT2D eigenvalue weighted by Gasteiger charge is -2.48. The molecule has 0 spiro atoms. The Morgan fingerprint density at radius 3 is 2.33 bits per heavy atom. The normalized spacial score (nSPS) is 44.1. The molecule has 2 heteroatoms. The van der Waals surface area contributed by atoms with Crippen LogP contribution in [0.25, 0.3) is 0 Å². The molecule has 3 rings (SSSR count). The highest BCUT2D eigenvalue weighted by Gasteiger charge is 2.59. The van der Waals surface area contributed by atoms with Crippen LogP contribution < -0.4 is 5.32 Å². The van der Waals surface area contributed by atoms with Crippen molar-refractivity contribution >= 4 is 0 Å². The summed E-state index contributed by atoms with van der Waals surface area (Å²) in [7, 11) is 0. The Bertz CT molecular complexity index is 382. The summed E-state index contributed by atoms with van der Waals surface area (Å²) < 4.78 is 6.16. The van der Waals surface area contributed by atoms with Crippen molar-refractivity contribution in [2.24, 2.45) is 16.7 Å². The van der Waals surface area contributed by atoms with Crippen LogP contribution in [-0.4, -0.2) is 24.3 Å². The van der Waals surface area contributed by atoms with E-state index in [0.717, 1.165) is 25.4 Å². The van der Waals surface area contributed by atoms with Gasteiger partial charge in [-0.2, -0.15) is 0 Å². The molecule has 3 aliphatic rings. The molecule has 0 radical (unpaired) electrons. The second kappa shape index (κ2) is 5.23. The SMILES string of the molecule is CCC1(CC)CC(NC2C3(C)CCC(C3)C2(C)C)CCO1. The first-order chi connectivity index (χ1) is 9.85. The molecule has 21 heavy (non-hydrogen) atoms. The largest absolute Gasteiger partial charge is 0.375 e. The highest BCUT2D eigenvalue weighted by Crippen LogP contribution is 2.62. The van der Waals surface area contributed by atoms with Gasteiger partial charge in [0.2, 0.25) is 0 Å². The van der Waals surface area contributed by atoms with Gasteiger partial charge in [0.25, 0.3) is 0 Å². The van der Waals surface area contributed by atoms with E-state index in [1.807, 2.05) is 0 Å². The maximum absolute atomic E-state index is 6.16. The van der Waals surface area contributed by atoms with Gasteiger partial charge in [-0.15, -0.1) is 0 Å². The molecular weight excluding hydrogens is 258 g/mol. The number of hydrogen-bond donors (Lipinski definition) is 1. The van der Waals surface area contributed by atoms with Gasteiger partial charge in [0.15, 0.2) is 0 Å². The van der Waals surface area contributed by atoms with Crippen molar-refractivity contribution in [2.45, 2.75) is 97.2 Å². The molecule has 1 N–H and O–H groups in total. The number of rotatable bonds is 4. The smallest absolute Gasteiger partial charge is 0.0692 e. The van der Waals surface area contributed by atoms with Crippen molar-refractivity contribution in [1.29, 1.82) is 0 Å². The summed E-state index contributed by atoms with van der Waals surface area (Å²) in [5, 5.41) is 4.12. The summed E-state index contributed by atoms with van der Waals surface area (Å²) in [5.41, 5.74) is 1.14. The predicted octanol–water partition coefficient (Wildman–Crippen LogP) is 4.53. The monoisotopic (exact) mass is 293 g/mol. The van der Waals surface area contributed by atoms with Crippen molar-refractivity contribution in [3.8, 4) is 0 Å². The van der Waals surface area contributed by atoms with Crippen molar-refractivity contribution in [3.05, 3.63) is 0 Å². The standard InChI is InChI=1S/C19H35NO/c1-6-19(7-2)13-15(9-11-21-19)20-16-17(3,4)14-8-10-18(16,5)12-14/h14-16,20H,6-13H2,1-5H3. The lowest BCUT2D eigenvalue weighted by molar-refractivity contribution is -0.0976. The van der Waals surface area contributed by atoms with Crippen molar-refractivity contribution in [3.63, 3.8) is 0 Å². The summed E-state index contributed by atoms with van der Waals surface area (Å²) in [6.07, 6.45) is 9.00. The molecule has 4 atom stereocenters. The Labute approximate surface area is 131 Å². The highest BCUT2D eigenvalue weighted by molar-refractivity contribution is 5.13. The van der Waals surface area contributed by atoms with Crippen molar-refractivity contribution in [1.82, 2.24) is 5.32 Å². The van der Waals surface area contributed by atoms with Gasteiger partial charge in [-0.3, -0.25) is 0 Å². The molecule has 1 aliphatic heterocycles. The fourth-order valence-electron chi connectivity index (χ4n) is 5.87. The number of hydrogen-bond acceptors (Lipinski definition) is 2. The first kappa shape index (κ1) is 15.8. The Morgan fingerprint density at radius 2 is 1.76 bits per heavy atom. The first-order valence-corrected chi connectivity index (χ1v) is 9.25. The summed E-state index contributed by atoms with van der Waals surface area (Å²) >= 11 is 0. The van der Waals surface area contributed by atoms with Crippen molar-refractivity contribution in [2.75, 3.05) is 6.61 Å². The van der Waals surface area contributed by atoms with E-state index in [9.17, 15) is 0 Å². The van der Waals surface area contributed by atoms with E-state index >= 15 is 0 Å². The average Bonchev–Trinajstić information content (AvgIpc) is 2.95. The summed E-state index contributed by atoms with van der Waals surface area (Å²) in [4.78, 5) is 0. The lowest BCUT2D eigenvalue weighted by Crippen LogP contribution is -2.57. The van der Waals surface area contributed by atoms with Gasteiger partial charge >= 0.3 is 0 Å². The van der Waals surface area contributed by atoms with E-state index in [1.165, 1.54) is 32.1 Å². The fraction of sp³-hybridized carbons (Fsp3) is 1.00. The minimum atomic E-state index is 0.137. The Morgan fingerprint density at radius 1 is 1.05 bits per heavy atom. The van der Waals surface area contributed by atoms with E-state index in [2.05, 4.69) is 39.9 Å². The molecule has 0 aromatic carbocycles. The van der Waals surface area contributed by atoms with Crippen LogP contribution >= 0.6 is 0 Å². The van der Waals surface area contributed by atoms with Crippen LogP contribution in [0, 0.1) is 16.7 Å². The molecule has 2 saturated carbocycles. The highest BCUT2D eigenvalue weighted by atomic mass is 16.5. The molecule has 2 bridgehead atoms. The minimum absolute atomic E-state index is 0.137. The fourth-order valence-corrected chi connectivity index (χ4v) is 5.87.